The number of rotatable bonds is 5. The first-order valence-electron chi connectivity index (χ1n) is 6.93. The first-order valence-corrected chi connectivity index (χ1v) is 6.93. The Balaban J connectivity index is 1.91. The van der Waals surface area contributed by atoms with E-state index in [0.717, 1.165) is 39.3 Å². The second kappa shape index (κ2) is 6.76. The molecule has 3 nitrogen and oxygen atoms in total. The van der Waals surface area contributed by atoms with Gasteiger partial charge < -0.3 is 15.0 Å². The average molecular weight is 248 g/mol. The second-order valence-electron chi connectivity index (χ2n) is 4.88. The molecule has 1 aromatic rings. The third kappa shape index (κ3) is 3.47. The molecular weight excluding hydrogens is 224 g/mol. The first kappa shape index (κ1) is 13.4. The van der Waals surface area contributed by atoms with E-state index in [1.54, 1.807) is 0 Å². The third-order valence-corrected chi connectivity index (χ3v) is 3.58. The molecule has 0 amide bonds. The maximum atomic E-state index is 5.50. The summed E-state index contributed by atoms with van der Waals surface area (Å²) in [5.41, 5.74) is 2.71. The molecule has 3 heteroatoms. The molecule has 0 saturated carbocycles. The maximum Gasteiger partial charge on any atom is 0.0620 e. The molecule has 0 spiro atoms. The molecule has 1 unspecified atom stereocenters. The molecule has 2 rings (SSSR count). The zero-order chi connectivity index (χ0) is 12.8. The third-order valence-electron chi connectivity index (χ3n) is 3.58. The van der Waals surface area contributed by atoms with Gasteiger partial charge in [0.25, 0.3) is 0 Å². The number of nitrogens with zero attached hydrogens (tertiary/aromatic N) is 1. The van der Waals surface area contributed by atoms with E-state index in [9.17, 15) is 0 Å². The van der Waals surface area contributed by atoms with Gasteiger partial charge in [0.2, 0.25) is 0 Å². The normalized spacial score (nSPS) is 19.8. The van der Waals surface area contributed by atoms with Gasteiger partial charge in [-0.1, -0.05) is 18.2 Å². The monoisotopic (exact) mass is 248 g/mol. The van der Waals surface area contributed by atoms with Crippen molar-refractivity contribution in [3.05, 3.63) is 29.8 Å². The van der Waals surface area contributed by atoms with Crippen LogP contribution in [0.15, 0.2) is 24.3 Å². The van der Waals surface area contributed by atoms with Crippen molar-refractivity contribution in [2.45, 2.75) is 26.3 Å². The van der Waals surface area contributed by atoms with Gasteiger partial charge in [0, 0.05) is 31.4 Å². The highest BCUT2D eigenvalue weighted by atomic mass is 16.5. The number of nitrogens with one attached hydrogen (secondary N) is 1. The Morgan fingerprint density at radius 1 is 1.39 bits per heavy atom. The molecule has 18 heavy (non-hydrogen) atoms. The summed E-state index contributed by atoms with van der Waals surface area (Å²) in [5, 5.41) is 3.51. The van der Waals surface area contributed by atoms with Crippen molar-refractivity contribution in [2.24, 2.45) is 0 Å². The van der Waals surface area contributed by atoms with Crippen molar-refractivity contribution >= 4 is 5.69 Å². The molecule has 1 N–H and O–H groups in total. The van der Waals surface area contributed by atoms with Crippen LogP contribution in [0.2, 0.25) is 0 Å². The molecule has 1 aliphatic heterocycles. The lowest BCUT2D eigenvalue weighted by atomic mass is 10.1. The SMILES string of the molecule is CCN(CCC1COCCN1)c1ccccc1C. The summed E-state index contributed by atoms with van der Waals surface area (Å²) >= 11 is 0. The molecule has 1 fully saturated rings. The Kier molecular flexibility index (Phi) is 5.02. The van der Waals surface area contributed by atoms with Gasteiger partial charge >= 0.3 is 0 Å². The van der Waals surface area contributed by atoms with Crippen molar-refractivity contribution in [3.63, 3.8) is 0 Å². The van der Waals surface area contributed by atoms with Gasteiger partial charge in [-0.3, -0.25) is 0 Å². The number of hydrogen-bond acceptors (Lipinski definition) is 3. The highest BCUT2D eigenvalue weighted by molar-refractivity contribution is 5.52. The molecule has 0 bridgehead atoms. The topological polar surface area (TPSA) is 24.5 Å². The maximum absolute atomic E-state index is 5.50. The van der Waals surface area contributed by atoms with E-state index >= 15 is 0 Å². The molecule has 1 aromatic carbocycles. The van der Waals surface area contributed by atoms with Gasteiger partial charge in [-0.05, 0) is 31.9 Å². The molecule has 1 atom stereocenters. The predicted octanol–water partition coefficient (Wildman–Crippen LogP) is 2.20. The van der Waals surface area contributed by atoms with Crippen molar-refractivity contribution < 1.29 is 4.74 Å². The van der Waals surface area contributed by atoms with E-state index in [2.05, 4.69) is 48.3 Å². The summed E-state index contributed by atoms with van der Waals surface area (Å²) in [4.78, 5) is 2.45. The van der Waals surface area contributed by atoms with Crippen LogP contribution in [-0.2, 0) is 4.74 Å². The van der Waals surface area contributed by atoms with Crippen molar-refractivity contribution in [1.82, 2.24) is 5.32 Å². The van der Waals surface area contributed by atoms with E-state index in [0.29, 0.717) is 6.04 Å². The first-order chi connectivity index (χ1) is 8.81. The predicted molar refractivity (Wildman–Crippen MR) is 76.3 cm³/mol. The molecule has 100 valence electrons. The molecule has 0 radical (unpaired) electrons. The zero-order valence-electron chi connectivity index (χ0n) is 11.5. The average Bonchev–Trinajstić information content (AvgIpc) is 2.42. The summed E-state index contributed by atoms with van der Waals surface area (Å²) in [5.74, 6) is 0. The second-order valence-corrected chi connectivity index (χ2v) is 4.88. The summed E-state index contributed by atoms with van der Waals surface area (Å²) in [6.45, 7) is 9.23. The van der Waals surface area contributed by atoms with Crippen molar-refractivity contribution in [3.8, 4) is 0 Å². The number of aryl methyl sites for hydroxylation is 1. The number of benzene rings is 1. The molecule has 1 aliphatic rings. The Bertz CT molecular complexity index is 361. The van der Waals surface area contributed by atoms with Crippen LogP contribution >= 0.6 is 0 Å². The standard InChI is InChI=1S/C15H24N2O/c1-3-17(15-7-5-4-6-13(15)2)10-8-14-12-18-11-9-16-14/h4-7,14,16H,3,8-12H2,1-2H3. The van der Waals surface area contributed by atoms with Crippen LogP contribution in [0.25, 0.3) is 0 Å². The van der Waals surface area contributed by atoms with E-state index in [-0.39, 0.29) is 0 Å². The summed E-state index contributed by atoms with van der Waals surface area (Å²) < 4.78 is 5.50. The number of hydrogen-bond donors (Lipinski definition) is 1. The van der Waals surface area contributed by atoms with E-state index < -0.39 is 0 Å². The number of anilines is 1. The Hall–Kier alpha value is -1.06. The minimum Gasteiger partial charge on any atom is -0.379 e. The van der Waals surface area contributed by atoms with Crippen LogP contribution in [-0.4, -0.2) is 38.9 Å². The smallest absolute Gasteiger partial charge is 0.0620 e. The lowest BCUT2D eigenvalue weighted by Crippen LogP contribution is -2.43. The fraction of sp³-hybridized carbons (Fsp3) is 0.600. The van der Waals surface area contributed by atoms with Crippen molar-refractivity contribution in [1.29, 1.82) is 0 Å². The lowest BCUT2D eigenvalue weighted by molar-refractivity contribution is 0.0748. The molecule has 0 aromatic heterocycles. The van der Waals surface area contributed by atoms with E-state index in [1.165, 1.54) is 11.3 Å². The van der Waals surface area contributed by atoms with Crippen LogP contribution in [0, 0.1) is 6.92 Å². The van der Waals surface area contributed by atoms with Gasteiger partial charge in [-0.25, -0.2) is 0 Å². The summed E-state index contributed by atoms with van der Waals surface area (Å²) in [6, 6.07) is 9.12. The Morgan fingerprint density at radius 3 is 2.89 bits per heavy atom. The Labute approximate surface area is 110 Å². The minimum absolute atomic E-state index is 0.511. The lowest BCUT2D eigenvalue weighted by Gasteiger charge is -2.29. The van der Waals surface area contributed by atoms with Crippen molar-refractivity contribution in [2.75, 3.05) is 37.7 Å². The fourth-order valence-electron chi connectivity index (χ4n) is 2.48. The minimum atomic E-state index is 0.511. The number of morpholine rings is 1. The van der Waals surface area contributed by atoms with Crippen LogP contribution in [0.4, 0.5) is 5.69 Å². The molecule has 0 aliphatic carbocycles. The van der Waals surface area contributed by atoms with Gasteiger partial charge in [0.1, 0.15) is 0 Å². The number of para-hydroxylation sites is 1. The van der Waals surface area contributed by atoms with Crippen LogP contribution in [0.3, 0.4) is 0 Å². The van der Waals surface area contributed by atoms with Gasteiger partial charge in [-0.2, -0.15) is 0 Å². The van der Waals surface area contributed by atoms with E-state index in [4.69, 9.17) is 4.74 Å². The summed E-state index contributed by atoms with van der Waals surface area (Å²) in [7, 11) is 0. The fourth-order valence-corrected chi connectivity index (χ4v) is 2.48. The van der Waals surface area contributed by atoms with Crippen LogP contribution in [0.5, 0.6) is 0 Å². The number of ether oxygens (including phenoxy) is 1. The van der Waals surface area contributed by atoms with Gasteiger partial charge in [-0.15, -0.1) is 0 Å². The zero-order valence-corrected chi connectivity index (χ0v) is 11.5. The highest BCUT2D eigenvalue weighted by Crippen LogP contribution is 2.19. The molecular formula is C15H24N2O. The van der Waals surface area contributed by atoms with E-state index in [1.807, 2.05) is 0 Å². The molecule has 1 saturated heterocycles. The van der Waals surface area contributed by atoms with Crippen LogP contribution < -0.4 is 10.2 Å². The van der Waals surface area contributed by atoms with Gasteiger partial charge in [0.05, 0.1) is 13.2 Å². The molecule has 1 heterocycles. The van der Waals surface area contributed by atoms with Crippen LogP contribution in [0.1, 0.15) is 18.9 Å². The quantitative estimate of drug-likeness (QED) is 0.864. The van der Waals surface area contributed by atoms with Gasteiger partial charge in [0.15, 0.2) is 0 Å². The largest absolute Gasteiger partial charge is 0.379 e. The Morgan fingerprint density at radius 2 is 2.22 bits per heavy atom. The summed E-state index contributed by atoms with van der Waals surface area (Å²) in [6.07, 6.45) is 1.14. The highest BCUT2D eigenvalue weighted by Gasteiger charge is 2.14.